The molecular weight excluding hydrogens is 400 g/mol. The topological polar surface area (TPSA) is 117 Å². The Bertz CT molecular complexity index is 1070. The Kier molecular flexibility index (Phi) is 7.06. The highest BCUT2D eigenvalue weighted by Crippen LogP contribution is 2.19. The van der Waals surface area contributed by atoms with E-state index in [-0.39, 0.29) is 31.0 Å². The predicted octanol–water partition coefficient (Wildman–Crippen LogP) is 0.871. The van der Waals surface area contributed by atoms with Gasteiger partial charge < -0.3 is 10.5 Å². The molecule has 31 heavy (non-hydrogen) atoms. The van der Waals surface area contributed by atoms with E-state index in [1.165, 1.54) is 11.7 Å². The number of benzene rings is 1. The van der Waals surface area contributed by atoms with Crippen LogP contribution in [0.2, 0.25) is 0 Å². The van der Waals surface area contributed by atoms with Crippen LogP contribution in [0.25, 0.3) is 0 Å². The van der Waals surface area contributed by atoms with Crippen LogP contribution >= 0.6 is 0 Å². The maximum Gasteiger partial charge on any atom is 0.332 e. The number of nitrogens with zero attached hydrogens (tertiary/aromatic N) is 3. The van der Waals surface area contributed by atoms with Gasteiger partial charge in [0.2, 0.25) is 0 Å². The Morgan fingerprint density at radius 1 is 1.13 bits per heavy atom. The fourth-order valence-electron chi connectivity index (χ4n) is 4.02. The van der Waals surface area contributed by atoms with E-state index < -0.39 is 29.0 Å². The second-order valence-corrected chi connectivity index (χ2v) is 7.59. The summed E-state index contributed by atoms with van der Waals surface area (Å²) >= 11 is 0. The molecule has 2 aromatic rings. The SMILES string of the molecule is CCn1c(=O)c(C(=O)CN2CCCCC2C(=O)OC)c(N)n(Cc2ccccc2)c1=O. The van der Waals surface area contributed by atoms with Gasteiger partial charge in [-0.15, -0.1) is 0 Å². The molecular formula is C22H28N4O5. The third-order valence-electron chi connectivity index (χ3n) is 5.68. The Balaban J connectivity index is 2.00. The van der Waals surface area contributed by atoms with E-state index in [0.29, 0.717) is 13.0 Å². The van der Waals surface area contributed by atoms with Crippen LogP contribution in [0.3, 0.4) is 0 Å². The molecule has 0 aliphatic carbocycles. The quantitative estimate of drug-likeness (QED) is 0.514. The number of hydrogen-bond donors (Lipinski definition) is 1. The zero-order chi connectivity index (χ0) is 22.5. The number of hydrogen-bond acceptors (Lipinski definition) is 7. The van der Waals surface area contributed by atoms with Gasteiger partial charge in [-0.05, 0) is 31.9 Å². The van der Waals surface area contributed by atoms with Gasteiger partial charge in [-0.25, -0.2) is 4.79 Å². The molecule has 0 bridgehead atoms. The molecule has 0 radical (unpaired) electrons. The molecule has 1 saturated heterocycles. The van der Waals surface area contributed by atoms with Crippen molar-refractivity contribution in [2.24, 2.45) is 0 Å². The maximum absolute atomic E-state index is 13.2. The van der Waals surface area contributed by atoms with Gasteiger partial charge in [0.1, 0.15) is 17.4 Å². The number of esters is 1. The lowest BCUT2D eigenvalue weighted by Gasteiger charge is -2.33. The number of ether oxygens (including phenoxy) is 1. The fraction of sp³-hybridized carbons (Fsp3) is 0.455. The molecule has 1 aromatic heterocycles. The Morgan fingerprint density at radius 2 is 1.84 bits per heavy atom. The largest absolute Gasteiger partial charge is 0.468 e. The van der Waals surface area contributed by atoms with Crippen LogP contribution < -0.4 is 17.0 Å². The number of Topliss-reactive ketones (excluding diaryl/α,β-unsaturated/α-hetero) is 1. The van der Waals surface area contributed by atoms with Gasteiger partial charge >= 0.3 is 11.7 Å². The van der Waals surface area contributed by atoms with Crippen molar-refractivity contribution in [1.29, 1.82) is 0 Å². The first kappa shape index (κ1) is 22.5. The number of likely N-dealkylation sites (tertiary alicyclic amines) is 1. The lowest BCUT2D eigenvalue weighted by molar-refractivity contribution is -0.148. The number of aromatic nitrogens is 2. The minimum Gasteiger partial charge on any atom is -0.468 e. The van der Waals surface area contributed by atoms with E-state index in [1.54, 1.807) is 11.8 Å². The molecule has 0 spiro atoms. The number of nitrogens with two attached hydrogens (primary N) is 1. The molecule has 9 heteroatoms. The van der Waals surface area contributed by atoms with Crippen LogP contribution in [0, 0.1) is 0 Å². The summed E-state index contributed by atoms with van der Waals surface area (Å²) in [6.07, 6.45) is 2.28. The molecule has 1 atom stereocenters. The summed E-state index contributed by atoms with van der Waals surface area (Å²) in [7, 11) is 1.31. The van der Waals surface area contributed by atoms with Crippen molar-refractivity contribution >= 4 is 17.6 Å². The second kappa shape index (κ2) is 9.74. The van der Waals surface area contributed by atoms with Crippen LogP contribution in [-0.4, -0.2) is 52.0 Å². The summed E-state index contributed by atoms with van der Waals surface area (Å²) in [5.41, 5.74) is 5.54. The summed E-state index contributed by atoms with van der Waals surface area (Å²) in [6.45, 7) is 2.31. The van der Waals surface area contributed by atoms with E-state index in [2.05, 4.69) is 0 Å². The molecule has 9 nitrogen and oxygen atoms in total. The standard InChI is InChI=1S/C22H28N4O5/c1-3-25-20(28)18(17(27)14-24-12-8-7-11-16(24)21(29)31-2)19(23)26(22(25)30)13-15-9-5-4-6-10-15/h4-6,9-10,16H,3,7-8,11-14,23H2,1-2H3. The van der Waals surface area contributed by atoms with Crippen molar-refractivity contribution in [2.75, 3.05) is 25.9 Å². The summed E-state index contributed by atoms with van der Waals surface area (Å²) in [5, 5.41) is 0. The van der Waals surface area contributed by atoms with E-state index in [4.69, 9.17) is 10.5 Å². The minimum atomic E-state index is -0.703. The smallest absolute Gasteiger partial charge is 0.332 e. The lowest BCUT2D eigenvalue weighted by atomic mass is 10.0. The highest BCUT2D eigenvalue weighted by molar-refractivity contribution is 6.01. The van der Waals surface area contributed by atoms with Gasteiger partial charge in [0.25, 0.3) is 5.56 Å². The van der Waals surface area contributed by atoms with Crippen LogP contribution in [0.5, 0.6) is 0 Å². The van der Waals surface area contributed by atoms with Crippen molar-refractivity contribution in [1.82, 2.24) is 14.0 Å². The molecule has 1 unspecified atom stereocenters. The normalized spacial score (nSPS) is 16.8. The predicted molar refractivity (Wildman–Crippen MR) is 116 cm³/mol. The number of piperidine rings is 1. The Morgan fingerprint density at radius 3 is 2.48 bits per heavy atom. The first-order valence-electron chi connectivity index (χ1n) is 10.4. The van der Waals surface area contributed by atoms with Gasteiger partial charge in [-0.3, -0.25) is 28.4 Å². The van der Waals surface area contributed by atoms with E-state index in [9.17, 15) is 19.2 Å². The number of methoxy groups -OCH3 is 1. The maximum atomic E-state index is 13.2. The first-order chi connectivity index (χ1) is 14.9. The van der Waals surface area contributed by atoms with E-state index in [0.717, 1.165) is 23.0 Å². The number of nitrogen functional groups attached to an aromatic ring is 1. The van der Waals surface area contributed by atoms with Gasteiger partial charge in [0.05, 0.1) is 20.2 Å². The summed E-state index contributed by atoms with van der Waals surface area (Å²) < 4.78 is 7.13. The first-order valence-corrected chi connectivity index (χ1v) is 10.4. The molecule has 2 heterocycles. The number of carbonyl (C=O) groups is 2. The van der Waals surface area contributed by atoms with Gasteiger partial charge in [0, 0.05) is 6.54 Å². The highest BCUT2D eigenvalue weighted by atomic mass is 16.5. The Hall–Kier alpha value is -3.20. The van der Waals surface area contributed by atoms with Crippen molar-refractivity contribution in [3.8, 4) is 0 Å². The molecule has 1 aliphatic rings. The van der Waals surface area contributed by atoms with Crippen molar-refractivity contribution in [3.63, 3.8) is 0 Å². The minimum absolute atomic E-state index is 0.113. The van der Waals surface area contributed by atoms with Gasteiger partial charge in [-0.2, -0.15) is 0 Å². The van der Waals surface area contributed by atoms with Crippen LogP contribution in [0.1, 0.15) is 42.1 Å². The Labute approximate surface area is 180 Å². The molecule has 1 fully saturated rings. The molecule has 166 valence electrons. The summed E-state index contributed by atoms with van der Waals surface area (Å²) in [4.78, 5) is 52.8. The van der Waals surface area contributed by atoms with Crippen LogP contribution in [0.15, 0.2) is 39.9 Å². The monoisotopic (exact) mass is 428 g/mol. The van der Waals surface area contributed by atoms with E-state index >= 15 is 0 Å². The molecule has 0 saturated carbocycles. The summed E-state index contributed by atoms with van der Waals surface area (Å²) in [5.74, 6) is -1.07. The highest BCUT2D eigenvalue weighted by Gasteiger charge is 2.32. The van der Waals surface area contributed by atoms with E-state index in [1.807, 2.05) is 30.3 Å². The van der Waals surface area contributed by atoms with Gasteiger partial charge in [0.15, 0.2) is 5.78 Å². The number of anilines is 1. The molecule has 3 rings (SSSR count). The third-order valence-corrected chi connectivity index (χ3v) is 5.68. The summed E-state index contributed by atoms with van der Waals surface area (Å²) in [6, 6.07) is 8.66. The van der Waals surface area contributed by atoms with Crippen LogP contribution in [-0.2, 0) is 22.6 Å². The average Bonchev–Trinajstić information content (AvgIpc) is 2.77. The molecule has 0 amide bonds. The van der Waals surface area contributed by atoms with Gasteiger partial charge in [-0.1, -0.05) is 36.8 Å². The molecule has 1 aromatic carbocycles. The van der Waals surface area contributed by atoms with Crippen molar-refractivity contribution < 1.29 is 14.3 Å². The number of ketones is 1. The zero-order valence-corrected chi connectivity index (χ0v) is 17.9. The van der Waals surface area contributed by atoms with Crippen molar-refractivity contribution in [3.05, 3.63) is 62.3 Å². The second-order valence-electron chi connectivity index (χ2n) is 7.59. The third kappa shape index (κ3) is 4.61. The number of rotatable bonds is 7. The fourth-order valence-corrected chi connectivity index (χ4v) is 4.02. The molecule has 2 N–H and O–H groups in total. The average molecular weight is 428 g/mol. The lowest BCUT2D eigenvalue weighted by Crippen LogP contribution is -2.49. The van der Waals surface area contributed by atoms with Crippen molar-refractivity contribution in [2.45, 2.75) is 45.3 Å². The zero-order valence-electron chi connectivity index (χ0n) is 17.9. The number of carbonyl (C=O) groups excluding carboxylic acids is 2. The molecule has 1 aliphatic heterocycles. The van der Waals surface area contributed by atoms with Crippen LogP contribution in [0.4, 0.5) is 5.82 Å².